The van der Waals surface area contributed by atoms with Crippen molar-refractivity contribution in [2.75, 3.05) is 0 Å². The molecule has 3 aromatic rings. The first-order chi connectivity index (χ1) is 15.8. The second kappa shape index (κ2) is 11.6. The minimum atomic E-state index is 0.263. The number of aromatic hydroxyl groups is 2. The molecule has 1 unspecified atom stereocenters. The Hall–Kier alpha value is -2.48. The van der Waals surface area contributed by atoms with E-state index in [1.165, 1.54) is 42.4 Å². The molecule has 2 nitrogen and oxygen atoms in total. The third kappa shape index (κ3) is 6.76. The molecule has 3 rings (SSSR count). The predicted molar refractivity (Wildman–Crippen MR) is 143 cm³/mol. The molecule has 0 amide bonds. The van der Waals surface area contributed by atoms with E-state index in [0.717, 1.165) is 53.7 Å². The Bertz CT molecular complexity index is 1100. The molecule has 0 saturated carbocycles. The first-order valence-corrected chi connectivity index (χ1v) is 12.8. The van der Waals surface area contributed by atoms with E-state index in [-0.39, 0.29) is 11.5 Å². The lowest BCUT2D eigenvalue weighted by Crippen LogP contribution is -1.98. The smallest absolute Gasteiger partial charge is 0.131 e. The van der Waals surface area contributed by atoms with Crippen LogP contribution >= 0.6 is 0 Å². The van der Waals surface area contributed by atoms with E-state index in [4.69, 9.17) is 0 Å². The number of hydrogen-bond acceptors (Lipinski definition) is 2. The van der Waals surface area contributed by atoms with Gasteiger partial charge < -0.3 is 10.2 Å². The van der Waals surface area contributed by atoms with Crippen LogP contribution < -0.4 is 0 Å². The number of phenolic OH excluding ortho intramolecular Hbond substituents is 2. The van der Waals surface area contributed by atoms with Gasteiger partial charge >= 0.3 is 0 Å². The molecule has 0 aromatic heterocycles. The standard InChI is InChI=1S/C31H42O2/c1-21(2)9-6-11-23(5)12-8-14-25-16-18-27-29(20-25)31(33)28-19-24(13-7-10-22(3)4)15-17-26(28)30(27)32/h10,15-21,23,32-33H,6-9,11-14H2,1-5H3. The topological polar surface area (TPSA) is 40.5 Å². The maximum atomic E-state index is 11.1. The Kier molecular flexibility index (Phi) is 8.83. The summed E-state index contributed by atoms with van der Waals surface area (Å²) in [5.74, 6) is 2.10. The maximum Gasteiger partial charge on any atom is 0.131 e. The number of hydrogen-bond donors (Lipinski definition) is 2. The molecule has 0 radical (unpaired) electrons. The fraction of sp³-hybridized carbons (Fsp3) is 0.484. The number of rotatable bonds is 11. The van der Waals surface area contributed by atoms with Gasteiger partial charge in [-0.25, -0.2) is 0 Å². The Balaban J connectivity index is 1.76. The zero-order valence-corrected chi connectivity index (χ0v) is 21.2. The third-order valence-corrected chi connectivity index (χ3v) is 6.81. The van der Waals surface area contributed by atoms with Crippen molar-refractivity contribution in [3.63, 3.8) is 0 Å². The molecule has 0 aliphatic heterocycles. The van der Waals surface area contributed by atoms with Gasteiger partial charge in [-0.05, 0) is 74.6 Å². The molecule has 0 heterocycles. The summed E-state index contributed by atoms with van der Waals surface area (Å²) in [5.41, 5.74) is 3.72. The average Bonchev–Trinajstić information content (AvgIpc) is 2.77. The highest BCUT2D eigenvalue weighted by atomic mass is 16.3. The van der Waals surface area contributed by atoms with Crippen LogP contribution in [0.4, 0.5) is 0 Å². The highest BCUT2D eigenvalue weighted by molar-refractivity contribution is 6.10. The summed E-state index contributed by atoms with van der Waals surface area (Å²) in [6.07, 6.45) is 11.5. The van der Waals surface area contributed by atoms with Crippen LogP contribution in [0.5, 0.6) is 11.5 Å². The van der Waals surface area contributed by atoms with Gasteiger partial charge in [0.25, 0.3) is 0 Å². The van der Waals surface area contributed by atoms with E-state index < -0.39 is 0 Å². The quantitative estimate of drug-likeness (QED) is 0.175. The van der Waals surface area contributed by atoms with Gasteiger partial charge in [-0.2, -0.15) is 0 Å². The summed E-state index contributed by atoms with van der Waals surface area (Å²) in [6, 6.07) is 12.2. The Morgan fingerprint density at radius 2 is 1.27 bits per heavy atom. The van der Waals surface area contributed by atoms with Crippen molar-refractivity contribution in [1.29, 1.82) is 0 Å². The van der Waals surface area contributed by atoms with Crippen LogP contribution in [-0.4, -0.2) is 10.2 Å². The molecule has 0 fully saturated rings. The molecule has 2 N–H and O–H groups in total. The van der Waals surface area contributed by atoms with E-state index in [0.29, 0.717) is 5.39 Å². The Labute approximate surface area is 200 Å². The number of benzene rings is 3. The molecule has 2 heteroatoms. The van der Waals surface area contributed by atoms with Gasteiger partial charge in [-0.1, -0.05) is 82.4 Å². The van der Waals surface area contributed by atoms with Crippen LogP contribution in [0.3, 0.4) is 0 Å². The van der Waals surface area contributed by atoms with E-state index in [1.54, 1.807) is 0 Å². The van der Waals surface area contributed by atoms with E-state index in [2.05, 4.69) is 58.9 Å². The summed E-state index contributed by atoms with van der Waals surface area (Å²) in [5, 5.41) is 25.0. The SMILES string of the molecule is CC(C)=CCCc1ccc2c(O)c3ccc(CCCC(C)CCCC(C)C)cc3c(O)c2c1. The zero-order valence-electron chi connectivity index (χ0n) is 21.2. The fourth-order valence-corrected chi connectivity index (χ4v) is 4.79. The molecule has 0 saturated heterocycles. The summed E-state index contributed by atoms with van der Waals surface area (Å²) in [7, 11) is 0. The summed E-state index contributed by atoms with van der Waals surface area (Å²) in [4.78, 5) is 0. The number of fused-ring (bicyclic) bond motifs is 2. The van der Waals surface area contributed by atoms with Crippen molar-refractivity contribution in [3.05, 3.63) is 59.2 Å². The first kappa shape index (κ1) is 25.1. The second-order valence-electron chi connectivity index (χ2n) is 10.6. The first-order valence-electron chi connectivity index (χ1n) is 12.8. The molecule has 0 spiro atoms. The number of aryl methyl sites for hydroxylation is 2. The van der Waals surface area contributed by atoms with Crippen molar-refractivity contribution in [2.24, 2.45) is 11.8 Å². The minimum absolute atomic E-state index is 0.263. The summed E-state index contributed by atoms with van der Waals surface area (Å²) >= 11 is 0. The minimum Gasteiger partial charge on any atom is -0.507 e. The highest BCUT2D eigenvalue weighted by Crippen LogP contribution is 2.42. The van der Waals surface area contributed by atoms with E-state index in [9.17, 15) is 10.2 Å². The summed E-state index contributed by atoms with van der Waals surface area (Å²) < 4.78 is 0. The molecule has 33 heavy (non-hydrogen) atoms. The molecule has 0 aliphatic carbocycles. The lowest BCUT2D eigenvalue weighted by Gasteiger charge is -2.14. The highest BCUT2D eigenvalue weighted by Gasteiger charge is 2.14. The van der Waals surface area contributed by atoms with Gasteiger partial charge in [0.1, 0.15) is 11.5 Å². The second-order valence-corrected chi connectivity index (χ2v) is 10.6. The fourth-order valence-electron chi connectivity index (χ4n) is 4.79. The molecule has 1 atom stereocenters. The summed E-state index contributed by atoms with van der Waals surface area (Å²) in [6.45, 7) is 11.2. The zero-order chi connectivity index (χ0) is 24.0. The average molecular weight is 447 g/mol. The predicted octanol–water partition coefficient (Wildman–Crippen LogP) is 9.09. The van der Waals surface area contributed by atoms with Crippen molar-refractivity contribution in [2.45, 2.75) is 86.0 Å². The molecular weight excluding hydrogens is 404 g/mol. The Morgan fingerprint density at radius 1 is 0.727 bits per heavy atom. The molecule has 0 aliphatic rings. The van der Waals surface area contributed by atoms with Crippen LogP contribution in [0.1, 0.15) is 84.3 Å². The largest absolute Gasteiger partial charge is 0.507 e. The van der Waals surface area contributed by atoms with Gasteiger partial charge in [-0.3, -0.25) is 0 Å². The molecule has 3 aromatic carbocycles. The number of allylic oxidation sites excluding steroid dienone is 2. The van der Waals surface area contributed by atoms with Gasteiger partial charge in [-0.15, -0.1) is 0 Å². The van der Waals surface area contributed by atoms with Crippen LogP contribution in [0.15, 0.2) is 48.0 Å². The van der Waals surface area contributed by atoms with Crippen molar-refractivity contribution in [1.82, 2.24) is 0 Å². The lowest BCUT2D eigenvalue weighted by atomic mass is 9.93. The van der Waals surface area contributed by atoms with Gasteiger partial charge in [0.05, 0.1) is 0 Å². The molecular formula is C31H42O2. The number of phenols is 2. The van der Waals surface area contributed by atoms with Gasteiger partial charge in [0, 0.05) is 21.5 Å². The monoisotopic (exact) mass is 446 g/mol. The normalized spacial score (nSPS) is 12.5. The van der Waals surface area contributed by atoms with Crippen molar-refractivity contribution < 1.29 is 10.2 Å². The van der Waals surface area contributed by atoms with Crippen LogP contribution in [0.2, 0.25) is 0 Å². The molecule has 0 bridgehead atoms. The van der Waals surface area contributed by atoms with E-state index in [1.807, 2.05) is 18.2 Å². The van der Waals surface area contributed by atoms with Crippen LogP contribution in [0, 0.1) is 11.8 Å². The third-order valence-electron chi connectivity index (χ3n) is 6.81. The van der Waals surface area contributed by atoms with Crippen molar-refractivity contribution >= 4 is 21.5 Å². The van der Waals surface area contributed by atoms with Gasteiger partial charge in [0.15, 0.2) is 0 Å². The lowest BCUT2D eigenvalue weighted by molar-refractivity contribution is 0.427. The van der Waals surface area contributed by atoms with Crippen LogP contribution in [-0.2, 0) is 12.8 Å². The maximum absolute atomic E-state index is 11.1. The van der Waals surface area contributed by atoms with E-state index >= 15 is 0 Å². The van der Waals surface area contributed by atoms with Crippen LogP contribution in [0.25, 0.3) is 21.5 Å². The van der Waals surface area contributed by atoms with Gasteiger partial charge in [0.2, 0.25) is 0 Å². The van der Waals surface area contributed by atoms with Crippen molar-refractivity contribution in [3.8, 4) is 11.5 Å². The molecule has 178 valence electrons. The Morgan fingerprint density at radius 3 is 1.85 bits per heavy atom.